The van der Waals surface area contributed by atoms with Crippen LogP contribution in [0, 0.1) is 5.92 Å². The van der Waals surface area contributed by atoms with Crippen LogP contribution < -0.4 is 0 Å². The van der Waals surface area contributed by atoms with Crippen molar-refractivity contribution in [1.82, 2.24) is 0 Å². The van der Waals surface area contributed by atoms with E-state index in [0.717, 1.165) is 24.1 Å². The average Bonchev–Trinajstić information content (AvgIpc) is 2.60. The van der Waals surface area contributed by atoms with Crippen molar-refractivity contribution < 1.29 is 9.90 Å². The largest absolute Gasteiger partial charge is 0.481 e. The van der Waals surface area contributed by atoms with Gasteiger partial charge in [0.2, 0.25) is 0 Å². The smallest absolute Gasteiger partial charge is 0.311 e. The minimum atomic E-state index is -0.660. The summed E-state index contributed by atoms with van der Waals surface area (Å²) in [5, 5.41) is 9.06. The molecular formula is C12H16O2S. The predicted octanol–water partition coefficient (Wildman–Crippen LogP) is 3.06. The molecule has 15 heavy (non-hydrogen) atoms. The van der Waals surface area contributed by atoms with Crippen molar-refractivity contribution >= 4 is 17.3 Å². The quantitative estimate of drug-likeness (QED) is 0.856. The van der Waals surface area contributed by atoms with Crippen molar-refractivity contribution in [2.75, 3.05) is 0 Å². The predicted molar refractivity (Wildman–Crippen MR) is 61.6 cm³/mol. The van der Waals surface area contributed by atoms with E-state index in [-0.39, 0.29) is 5.92 Å². The number of carboxylic acid groups (broad SMARTS) is 1. The van der Waals surface area contributed by atoms with E-state index in [4.69, 9.17) is 5.11 Å². The monoisotopic (exact) mass is 224 g/mol. The molecular weight excluding hydrogens is 208 g/mol. The molecule has 0 amide bonds. The van der Waals surface area contributed by atoms with Gasteiger partial charge >= 0.3 is 5.97 Å². The molecule has 1 N–H and O–H groups in total. The molecule has 1 unspecified atom stereocenters. The van der Waals surface area contributed by atoms with Crippen LogP contribution in [0.4, 0.5) is 0 Å². The normalized spacial score (nSPS) is 19.5. The van der Waals surface area contributed by atoms with Crippen LogP contribution in [0.25, 0.3) is 0 Å². The lowest BCUT2D eigenvalue weighted by molar-refractivity contribution is -0.138. The third kappa shape index (κ3) is 2.07. The van der Waals surface area contributed by atoms with Crippen molar-refractivity contribution in [3.8, 4) is 0 Å². The molecule has 0 aliphatic heterocycles. The molecule has 2 nitrogen and oxygen atoms in total. The van der Waals surface area contributed by atoms with E-state index in [1.165, 1.54) is 10.4 Å². The van der Waals surface area contributed by atoms with Crippen LogP contribution in [-0.2, 0) is 17.6 Å². The van der Waals surface area contributed by atoms with Crippen LogP contribution in [0.2, 0.25) is 0 Å². The molecule has 3 heteroatoms. The number of thiophene rings is 1. The molecule has 0 radical (unpaired) electrons. The fraction of sp³-hybridized carbons (Fsp3) is 0.583. The summed E-state index contributed by atoms with van der Waals surface area (Å²) in [4.78, 5) is 13.5. The Bertz CT molecular complexity index is 379. The van der Waals surface area contributed by atoms with Gasteiger partial charge in [-0.2, -0.15) is 0 Å². The lowest BCUT2D eigenvalue weighted by Gasteiger charge is -2.03. The van der Waals surface area contributed by atoms with Crippen molar-refractivity contribution in [2.45, 2.75) is 39.0 Å². The Hall–Kier alpha value is -0.830. The van der Waals surface area contributed by atoms with Gasteiger partial charge in [-0.05, 0) is 36.8 Å². The zero-order valence-corrected chi connectivity index (χ0v) is 9.93. The standard InChI is InChI=1S/C12H16O2S/c1-7(2)5-9-6-8-3-4-10(12(13)14)11(8)15-9/h6-7,10H,3-5H2,1-2H3,(H,13,14). The number of hydrogen-bond donors (Lipinski definition) is 1. The topological polar surface area (TPSA) is 37.3 Å². The Morgan fingerprint density at radius 1 is 1.67 bits per heavy atom. The van der Waals surface area contributed by atoms with E-state index < -0.39 is 5.97 Å². The summed E-state index contributed by atoms with van der Waals surface area (Å²) in [6.45, 7) is 4.39. The van der Waals surface area contributed by atoms with Crippen molar-refractivity contribution in [3.05, 3.63) is 21.4 Å². The number of fused-ring (bicyclic) bond motifs is 1. The van der Waals surface area contributed by atoms with Crippen LogP contribution >= 0.6 is 11.3 Å². The summed E-state index contributed by atoms with van der Waals surface area (Å²) < 4.78 is 0. The van der Waals surface area contributed by atoms with E-state index >= 15 is 0 Å². The van der Waals surface area contributed by atoms with E-state index in [0.29, 0.717) is 5.92 Å². The molecule has 0 spiro atoms. The van der Waals surface area contributed by atoms with Gasteiger partial charge in [0.05, 0.1) is 5.92 Å². The fourth-order valence-electron chi connectivity index (χ4n) is 2.16. The summed E-state index contributed by atoms with van der Waals surface area (Å²) in [7, 11) is 0. The van der Waals surface area contributed by atoms with Crippen LogP contribution in [-0.4, -0.2) is 11.1 Å². The van der Waals surface area contributed by atoms with Gasteiger partial charge in [0.1, 0.15) is 0 Å². The van der Waals surface area contributed by atoms with E-state index in [9.17, 15) is 4.79 Å². The molecule has 1 aromatic rings. The van der Waals surface area contributed by atoms with Crippen LogP contribution in [0.5, 0.6) is 0 Å². The first-order valence-corrected chi connectivity index (χ1v) is 6.24. The maximum atomic E-state index is 11.0. The summed E-state index contributed by atoms with van der Waals surface area (Å²) in [6.07, 6.45) is 2.81. The number of carboxylic acids is 1. The molecule has 1 aliphatic rings. The van der Waals surface area contributed by atoms with Gasteiger partial charge in [-0.1, -0.05) is 13.8 Å². The molecule has 0 saturated carbocycles. The highest BCUT2D eigenvalue weighted by Gasteiger charge is 2.30. The summed E-state index contributed by atoms with van der Waals surface area (Å²) >= 11 is 1.71. The number of carbonyl (C=O) groups is 1. The molecule has 0 fully saturated rings. The second-order valence-electron chi connectivity index (χ2n) is 4.63. The fourth-order valence-corrected chi connectivity index (χ4v) is 3.71. The van der Waals surface area contributed by atoms with Gasteiger partial charge in [0, 0.05) is 9.75 Å². The maximum absolute atomic E-state index is 11.0. The van der Waals surface area contributed by atoms with Gasteiger partial charge in [-0.15, -0.1) is 11.3 Å². The molecule has 82 valence electrons. The lowest BCUT2D eigenvalue weighted by atomic mass is 10.1. The Balaban J connectivity index is 2.22. The highest BCUT2D eigenvalue weighted by atomic mass is 32.1. The van der Waals surface area contributed by atoms with E-state index in [1.807, 2.05) is 0 Å². The van der Waals surface area contributed by atoms with Crippen molar-refractivity contribution in [1.29, 1.82) is 0 Å². The highest BCUT2D eigenvalue weighted by molar-refractivity contribution is 7.12. The number of aryl methyl sites for hydroxylation is 1. The Labute approximate surface area is 93.9 Å². The summed E-state index contributed by atoms with van der Waals surface area (Å²) in [5.41, 5.74) is 1.28. The van der Waals surface area contributed by atoms with E-state index in [2.05, 4.69) is 19.9 Å². The average molecular weight is 224 g/mol. The van der Waals surface area contributed by atoms with Crippen LogP contribution in [0.1, 0.15) is 41.5 Å². The summed E-state index contributed by atoms with van der Waals surface area (Å²) in [6, 6.07) is 2.21. The first-order chi connectivity index (χ1) is 7.08. The lowest BCUT2D eigenvalue weighted by Crippen LogP contribution is -2.06. The van der Waals surface area contributed by atoms with Crippen molar-refractivity contribution in [2.24, 2.45) is 5.92 Å². The molecule has 0 aromatic carbocycles. The van der Waals surface area contributed by atoms with Gasteiger partial charge in [0.15, 0.2) is 0 Å². The summed E-state index contributed by atoms with van der Waals surface area (Å²) in [5.74, 6) is -0.246. The Morgan fingerprint density at radius 3 is 3.00 bits per heavy atom. The van der Waals surface area contributed by atoms with Gasteiger partial charge in [0.25, 0.3) is 0 Å². The number of hydrogen-bond acceptors (Lipinski definition) is 2. The SMILES string of the molecule is CC(C)Cc1cc2c(s1)C(C(=O)O)CC2. The molecule has 0 saturated heterocycles. The minimum absolute atomic E-state index is 0.231. The zero-order valence-electron chi connectivity index (χ0n) is 9.12. The molecule has 1 heterocycles. The maximum Gasteiger partial charge on any atom is 0.311 e. The number of rotatable bonds is 3. The van der Waals surface area contributed by atoms with Gasteiger partial charge < -0.3 is 5.11 Å². The second-order valence-corrected chi connectivity index (χ2v) is 5.80. The van der Waals surface area contributed by atoms with Crippen molar-refractivity contribution in [3.63, 3.8) is 0 Å². The van der Waals surface area contributed by atoms with Gasteiger partial charge in [-0.3, -0.25) is 4.79 Å². The first-order valence-electron chi connectivity index (χ1n) is 5.42. The molecule has 2 rings (SSSR count). The molecule has 1 aromatic heterocycles. The Morgan fingerprint density at radius 2 is 2.40 bits per heavy atom. The van der Waals surface area contributed by atoms with Crippen LogP contribution in [0.15, 0.2) is 6.07 Å². The Kier molecular flexibility index (Phi) is 2.83. The van der Waals surface area contributed by atoms with Gasteiger partial charge in [-0.25, -0.2) is 0 Å². The molecule has 1 aliphatic carbocycles. The second kappa shape index (κ2) is 3.97. The molecule has 0 bridgehead atoms. The minimum Gasteiger partial charge on any atom is -0.481 e. The molecule has 1 atom stereocenters. The van der Waals surface area contributed by atoms with E-state index in [1.54, 1.807) is 11.3 Å². The zero-order chi connectivity index (χ0) is 11.0. The third-order valence-electron chi connectivity index (χ3n) is 2.82. The first kappa shape index (κ1) is 10.7. The third-order valence-corrected chi connectivity index (χ3v) is 4.13. The highest BCUT2D eigenvalue weighted by Crippen LogP contribution is 2.40. The van der Waals surface area contributed by atoms with Crippen LogP contribution in [0.3, 0.4) is 0 Å². The number of aliphatic carboxylic acids is 1.